The van der Waals surface area contributed by atoms with Crippen LogP contribution in [0.2, 0.25) is 0 Å². The minimum atomic E-state index is -3.24. The molecule has 0 saturated heterocycles. The Kier molecular flexibility index (Phi) is 4.04. The second-order valence-electron chi connectivity index (χ2n) is 3.86. The molecule has 20 heavy (non-hydrogen) atoms. The van der Waals surface area contributed by atoms with Crippen LogP contribution >= 0.6 is 11.8 Å². The van der Waals surface area contributed by atoms with Gasteiger partial charge >= 0.3 is 5.97 Å². The van der Waals surface area contributed by atoms with E-state index in [0.29, 0.717) is 10.1 Å². The lowest BCUT2D eigenvalue weighted by Crippen LogP contribution is -2.11. The Morgan fingerprint density at radius 1 is 1.35 bits per heavy atom. The van der Waals surface area contributed by atoms with Crippen molar-refractivity contribution in [3.63, 3.8) is 0 Å². The molecule has 8 nitrogen and oxygen atoms in total. The highest BCUT2D eigenvalue weighted by atomic mass is 32.2. The van der Waals surface area contributed by atoms with E-state index in [1.807, 2.05) is 0 Å². The van der Waals surface area contributed by atoms with Gasteiger partial charge in [0.2, 0.25) is 5.16 Å². The molecule has 0 unspecified atom stereocenters. The van der Waals surface area contributed by atoms with Gasteiger partial charge in [0.1, 0.15) is 6.54 Å². The standard InChI is InChI=1S/C10H10N4O4S2/c1-20(17,18)8-4-2-7(3-5-8)19-10-11-12-13-14(10)6-9(15)16/h2-5H,6H2,1H3,(H,15,16). The van der Waals surface area contributed by atoms with Crippen LogP contribution in [0.5, 0.6) is 0 Å². The minimum absolute atomic E-state index is 0.215. The lowest BCUT2D eigenvalue weighted by molar-refractivity contribution is -0.138. The number of sulfone groups is 1. The molecule has 0 saturated carbocycles. The normalized spacial score (nSPS) is 11.4. The van der Waals surface area contributed by atoms with Gasteiger partial charge in [0.15, 0.2) is 9.84 Å². The Morgan fingerprint density at radius 3 is 2.55 bits per heavy atom. The number of carboxylic acid groups (broad SMARTS) is 1. The predicted molar refractivity (Wildman–Crippen MR) is 69.1 cm³/mol. The van der Waals surface area contributed by atoms with E-state index in [1.165, 1.54) is 12.1 Å². The van der Waals surface area contributed by atoms with E-state index < -0.39 is 15.8 Å². The number of hydrogen-bond donors (Lipinski definition) is 1. The van der Waals surface area contributed by atoms with Crippen LogP contribution in [0.1, 0.15) is 0 Å². The first-order chi connectivity index (χ1) is 9.36. The van der Waals surface area contributed by atoms with Crippen LogP contribution in [0.25, 0.3) is 0 Å². The maximum absolute atomic E-state index is 11.3. The van der Waals surface area contributed by atoms with Gasteiger partial charge < -0.3 is 5.11 Å². The first kappa shape index (κ1) is 14.5. The van der Waals surface area contributed by atoms with Crippen molar-refractivity contribution in [3.05, 3.63) is 24.3 Å². The second kappa shape index (κ2) is 5.59. The van der Waals surface area contributed by atoms with Crippen LogP contribution in [-0.2, 0) is 21.2 Å². The van der Waals surface area contributed by atoms with E-state index >= 15 is 0 Å². The van der Waals surface area contributed by atoms with Crippen LogP contribution in [0, 0.1) is 0 Å². The Hall–Kier alpha value is -1.94. The molecule has 0 aliphatic heterocycles. The van der Waals surface area contributed by atoms with Gasteiger partial charge in [-0.2, -0.15) is 0 Å². The average Bonchev–Trinajstić information content (AvgIpc) is 2.75. The summed E-state index contributed by atoms with van der Waals surface area (Å²) in [4.78, 5) is 11.6. The van der Waals surface area contributed by atoms with Crippen molar-refractivity contribution < 1.29 is 18.3 Å². The van der Waals surface area contributed by atoms with Crippen LogP contribution in [0.3, 0.4) is 0 Å². The molecule has 0 amide bonds. The molecule has 1 N–H and O–H groups in total. The maximum Gasteiger partial charge on any atom is 0.325 e. The molecule has 1 aromatic heterocycles. The highest BCUT2D eigenvalue weighted by Crippen LogP contribution is 2.26. The van der Waals surface area contributed by atoms with Gasteiger partial charge in [0.05, 0.1) is 4.90 Å². The van der Waals surface area contributed by atoms with Crippen LogP contribution in [0.4, 0.5) is 0 Å². The average molecular weight is 314 g/mol. The lowest BCUT2D eigenvalue weighted by atomic mass is 10.4. The fraction of sp³-hybridized carbons (Fsp3) is 0.200. The molecule has 0 atom stereocenters. The van der Waals surface area contributed by atoms with Crippen LogP contribution < -0.4 is 0 Å². The van der Waals surface area contributed by atoms with Gasteiger partial charge in [-0.1, -0.05) is 0 Å². The monoisotopic (exact) mass is 314 g/mol. The molecule has 1 aromatic carbocycles. The number of rotatable bonds is 5. The number of nitrogens with zero attached hydrogens (tertiary/aromatic N) is 4. The molecule has 0 radical (unpaired) electrons. The number of aliphatic carboxylic acids is 1. The number of carboxylic acids is 1. The van der Waals surface area contributed by atoms with Gasteiger partial charge in [-0.3, -0.25) is 4.79 Å². The van der Waals surface area contributed by atoms with E-state index in [9.17, 15) is 13.2 Å². The molecular formula is C10H10N4O4S2. The summed E-state index contributed by atoms with van der Waals surface area (Å²) < 4.78 is 23.8. The zero-order chi connectivity index (χ0) is 14.8. The van der Waals surface area contributed by atoms with E-state index in [0.717, 1.165) is 22.7 Å². The van der Waals surface area contributed by atoms with Gasteiger partial charge in [-0.05, 0) is 46.5 Å². The first-order valence-corrected chi connectivity index (χ1v) is 8.03. The fourth-order valence-corrected chi connectivity index (χ4v) is 2.75. The molecule has 2 rings (SSSR count). The number of tetrazole rings is 1. The molecule has 0 fully saturated rings. The summed E-state index contributed by atoms with van der Waals surface area (Å²) in [5.41, 5.74) is 0. The number of carbonyl (C=O) groups is 1. The topological polar surface area (TPSA) is 115 Å². The van der Waals surface area contributed by atoms with Gasteiger partial charge in [-0.15, -0.1) is 5.10 Å². The van der Waals surface area contributed by atoms with E-state index in [1.54, 1.807) is 12.1 Å². The highest BCUT2D eigenvalue weighted by Gasteiger charge is 2.12. The van der Waals surface area contributed by atoms with Gasteiger partial charge in [0, 0.05) is 11.2 Å². The largest absolute Gasteiger partial charge is 0.480 e. The van der Waals surface area contributed by atoms with E-state index in [2.05, 4.69) is 15.5 Å². The zero-order valence-corrected chi connectivity index (χ0v) is 11.9. The Labute approximate surface area is 118 Å². The number of benzene rings is 1. The van der Waals surface area contributed by atoms with Gasteiger partial charge in [-0.25, -0.2) is 13.1 Å². The maximum atomic E-state index is 11.3. The summed E-state index contributed by atoms with van der Waals surface area (Å²) in [5, 5.41) is 19.7. The van der Waals surface area contributed by atoms with Crippen molar-refractivity contribution in [2.75, 3.05) is 6.26 Å². The first-order valence-electron chi connectivity index (χ1n) is 5.32. The third kappa shape index (κ3) is 3.54. The zero-order valence-electron chi connectivity index (χ0n) is 10.3. The van der Waals surface area contributed by atoms with Crippen molar-refractivity contribution in [1.29, 1.82) is 0 Å². The fourth-order valence-electron chi connectivity index (χ4n) is 1.36. The molecule has 0 spiro atoms. The quantitative estimate of drug-likeness (QED) is 0.838. The molecule has 1 heterocycles. The minimum Gasteiger partial charge on any atom is -0.480 e. The summed E-state index contributed by atoms with van der Waals surface area (Å²) in [5.74, 6) is -1.05. The smallest absolute Gasteiger partial charge is 0.325 e. The molecule has 0 bridgehead atoms. The molecular weight excluding hydrogens is 304 g/mol. The van der Waals surface area contributed by atoms with E-state index in [-0.39, 0.29) is 11.4 Å². The van der Waals surface area contributed by atoms with Crippen molar-refractivity contribution in [3.8, 4) is 0 Å². The molecule has 106 valence electrons. The number of aromatic nitrogens is 4. The molecule has 0 aliphatic carbocycles. The van der Waals surface area contributed by atoms with Crippen molar-refractivity contribution in [2.24, 2.45) is 0 Å². The predicted octanol–water partition coefficient (Wildman–Crippen LogP) is 0.312. The van der Waals surface area contributed by atoms with Gasteiger partial charge in [0.25, 0.3) is 0 Å². The molecule has 10 heteroatoms. The molecule has 0 aliphatic rings. The summed E-state index contributed by atoms with van der Waals surface area (Å²) >= 11 is 1.15. The Balaban J connectivity index is 2.19. The number of hydrogen-bond acceptors (Lipinski definition) is 7. The third-order valence-electron chi connectivity index (χ3n) is 2.25. The molecule has 2 aromatic rings. The summed E-state index contributed by atoms with van der Waals surface area (Å²) in [6, 6.07) is 6.17. The van der Waals surface area contributed by atoms with Crippen molar-refractivity contribution >= 4 is 27.6 Å². The van der Waals surface area contributed by atoms with Crippen molar-refractivity contribution in [1.82, 2.24) is 20.2 Å². The summed E-state index contributed by atoms with van der Waals surface area (Å²) in [6.07, 6.45) is 1.13. The Bertz CT molecular complexity index is 724. The Morgan fingerprint density at radius 2 is 2.00 bits per heavy atom. The van der Waals surface area contributed by atoms with E-state index in [4.69, 9.17) is 5.11 Å². The highest BCUT2D eigenvalue weighted by molar-refractivity contribution is 7.99. The second-order valence-corrected chi connectivity index (χ2v) is 6.91. The third-order valence-corrected chi connectivity index (χ3v) is 4.36. The van der Waals surface area contributed by atoms with Crippen molar-refractivity contribution in [2.45, 2.75) is 21.5 Å². The summed E-state index contributed by atoms with van der Waals surface area (Å²) in [7, 11) is -3.24. The van der Waals surface area contributed by atoms with Crippen LogP contribution in [-0.4, -0.2) is 46.0 Å². The lowest BCUT2D eigenvalue weighted by Gasteiger charge is -2.02. The SMILES string of the molecule is CS(=O)(=O)c1ccc(Sc2nnnn2CC(=O)O)cc1. The summed E-state index contributed by atoms with van der Waals surface area (Å²) in [6.45, 7) is -0.337. The van der Waals surface area contributed by atoms with Crippen LogP contribution in [0.15, 0.2) is 39.2 Å².